The van der Waals surface area contributed by atoms with Gasteiger partial charge in [-0.2, -0.15) is 0 Å². The van der Waals surface area contributed by atoms with E-state index in [1.54, 1.807) is 13.2 Å². The number of benzene rings is 2. The molecule has 2 N–H and O–H groups in total. The van der Waals surface area contributed by atoms with E-state index in [9.17, 15) is 10.2 Å². The van der Waals surface area contributed by atoms with Crippen molar-refractivity contribution in [2.24, 2.45) is 11.3 Å². The van der Waals surface area contributed by atoms with Gasteiger partial charge >= 0.3 is 0 Å². The van der Waals surface area contributed by atoms with Crippen molar-refractivity contribution in [2.45, 2.75) is 72.0 Å². The highest BCUT2D eigenvalue weighted by molar-refractivity contribution is 5.74. The molecule has 202 valence electrons. The Hall–Kier alpha value is -3.36. The van der Waals surface area contributed by atoms with Crippen molar-refractivity contribution in [3.05, 3.63) is 58.2 Å². The molecule has 1 heterocycles. The van der Waals surface area contributed by atoms with Gasteiger partial charge in [0.25, 0.3) is 0 Å². The molecule has 0 bridgehead atoms. The molecule has 4 rings (SSSR count). The average molecular weight is 517 g/mol. The Morgan fingerprint density at radius 2 is 1.82 bits per heavy atom. The smallest absolute Gasteiger partial charge is 0.165 e. The molecule has 1 saturated carbocycles. The number of terminal acetylenes is 1. The highest BCUT2D eigenvalue weighted by Gasteiger charge is 2.54. The van der Waals surface area contributed by atoms with Gasteiger partial charge in [-0.25, -0.2) is 0 Å². The Labute approximate surface area is 227 Å². The van der Waals surface area contributed by atoms with E-state index in [2.05, 4.69) is 32.8 Å². The molecule has 1 fully saturated rings. The number of aliphatic hydroxyl groups is 1. The van der Waals surface area contributed by atoms with Crippen LogP contribution in [0.4, 0.5) is 0 Å². The van der Waals surface area contributed by atoms with Gasteiger partial charge in [-0.3, -0.25) is 0 Å². The van der Waals surface area contributed by atoms with E-state index < -0.39 is 0 Å². The van der Waals surface area contributed by atoms with Gasteiger partial charge in [-0.1, -0.05) is 43.6 Å². The summed E-state index contributed by atoms with van der Waals surface area (Å²) < 4.78 is 18.2. The maximum atomic E-state index is 10.8. The van der Waals surface area contributed by atoms with E-state index in [0.29, 0.717) is 23.5 Å². The maximum Gasteiger partial charge on any atom is 0.165 e. The fourth-order valence-corrected chi connectivity index (χ4v) is 5.94. The molecule has 3 atom stereocenters. The van der Waals surface area contributed by atoms with E-state index in [1.165, 1.54) is 0 Å². The van der Waals surface area contributed by atoms with Crippen molar-refractivity contribution < 1.29 is 24.4 Å². The first-order valence-corrected chi connectivity index (χ1v) is 13.3. The Bertz CT molecular complexity index is 1290. The number of allylic oxidation sites excluding steroid dienone is 2. The summed E-state index contributed by atoms with van der Waals surface area (Å²) in [6, 6.07) is 7.74. The van der Waals surface area contributed by atoms with Gasteiger partial charge in [0, 0.05) is 11.5 Å². The first-order valence-electron chi connectivity index (χ1n) is 13.3. The molecule has 0 aromatic heterocycles. The second-order valence-corrected chi connectivity index (χ2v) is 11.6. The van der Waals surface area contributed by atoms with Gasteiger partial charge in [0.1, 0.15) is 23.7 Å². The van der Waals surface area contributed by atoms with Crippen LogP contribution in [0.1, 0.15) is 69.7 Å². The number of methoxy groups -OCH3 is 1. The van der Waals surface area contributed by atoms with Crippen LogP contribution in [-0.4, -0.2) is 35.6 Å². The zero-order chi connectivity index (χ0) is 27.7. The predicted octanol–water partition coefficient (Wildman–Crippen LogP) is 6.58. The van der Waals surface area contributed by atoms with Crippen LogP contribution in [0.2, 0.25) is 0 Å². The van der Waals surface area contributed by atoms with Crippen molar-refractivity contribution in [2.75, 3.05) is 13.7 Å². The van der Waals surface area contributed by atoms with Gasteiger partial charge < -0.3 is 24.4 Å². The largest absolute Gasteiger partial charge is 0.507 e. The molecule has 0 amide bonds. The zero-order valence-corrected chi connectivity index (χ0v) is 23.4. The average Bonchev–Trinajstić information content (AvgIpc) is 2.87. The Balaban J connectivity index is 1.68. The molecular weight excluding hydrogens is 476 g/mol. The third kappa shape index (κ3) is 5.42. The number of hydrogen-bond acceptors (Lipinski definition) is 5. The molecule has 0 spiro atoms. The second kappa shape index (κ2) is 10.8. The molecule has 1 aliphatic carbocycles. The van der Waals surface area contributed by atoms with Crippen LogP contribution in [0.5, 0.6) is 23.0 Å². The van der Waals surface area contributed by atoms with Crippen molar-refractivity contribution in [3.8, 4) is 35.3 Å². The van der Waals surface area contributed by atoms with Crippen molar-refractivity contribution >= 4 is 12.2 Å². The van der Waals surface area contributed by atoms with Crippen LogP contribution in [0, 0.1) is 23.7 Å². The van der Waals surface area contributed by atoms with Crippen LogP contribution in [0.25, 0.3) is 12.2 Å². The highest BCUT2D eigenvalue weighted by Crippen LogP contribution is 2.55. The number of fused-ring (bicyclic) bond motifs is 2. The Morgan fingerprint density at radius 3 is 2.47 bits per heavy atom. The normalized spacial score (nSPS) is 23.5. The van der Waals surface area contributed by atoms with Gasteiger partial charge in [-0.15, -0.1) is 6.42 Å². The molecule has 5 heteroatoms. The van der Waals surface area contributed by atoms with E-state index in [4.69, 9.17) is 20.6 Å². The lowest BCUT2D eigenvalue weighted by Gasteiger charge is -2.55. The standard InChI is InChI=1S/C33H40O5/c1-8-15-37-27-18-23(17-26(34)25(27)12-9-21(2)3)11-10-22-16-24-20-29-32(4,5)30(35)13-14-33(29,6)38-31(24)28(19-22)36-7/h1,9-11,16-19,29-30,34-35H,12-15,20H2,2-7H3/b11-10+/t29-,30-,33-/m1/s1. The van der Waals surface area contributed by atoms with E-state index in [0.717, 1.165) is 47.3 Å². The number of phenolic OH excluding ortho intramolecular Hbond substituents is 1. The SMILES string of the molecule is C#CCOc1cc(/C=C/c2cc3c(c(OC)c2)O[C@]2(C)CC[C@@H](O)C(C)(C)[C@H]2C3)cc(O)c1CC=C(C)C. The first-order chi connectivity index (χ1) is 18.0. The lowest BCUT2D eigenvalue weighted by atomic mass is 9.57. The van der Waals surface area contributed by atoms with Gasteiger partial charge in [-0.05, 0) is 92.8 Å². The monoisotopic (exact) mass is 516 g/mol. The fourth-order valence-electron chi connectivity index (χ4n) is 5.94. The number of aliphatic hydroxyl groups excluding tert-OH is 1. The summed E-state index contributed by atoms with van der Waals surface area (Å²) in [5, 5.41) is 21.5. The summed E-state index contributed by atoms with van der Waals surface area (Å²) in [6.07, 6.45) is 13.9. The van der Waals surface area contributed by atoms with Gasteiger partial charge in [0.15, 0.2) is 11.5 Å². The first kappa shape index (κ1) is 27.7. The summed E-state index contributed by atoms with van der Waals surface area (Å²) in [6.45, 7) is 10.6. The molecular formula is C33H40O5. The van der Waals surface area contributed by atoms with Crippen molar-refractivity contribution in [1.82, 2.24) is 0 Å². The predicted molar refractivity (Wildman–Crippen MR) is 153 cm³/mol. The van der Waals surface area contributed by atoms with E-state index >= 15 is 0 Å². The maximum absolute atomic E-state index is 10.8. The molecule has 5 nitrogen and oxygen atoms in total. The Kier molecular flexibility index (Phi) is 7.85. The molecule has 2 aliphatic rings. The summed E-state index contributed by atoms with van der Waals surface area (Å²) in [5.41, 5.74) is 4.10. The Morgan fingerprint density at radius 1 is 1.13 bits per heavy atom. The topological polar surface area (TPSA) is 68.2 Å². The van der Waals surface area contributed by atoms with Crippen LogP contribution >= 0.6 is 0 Å². The fraction of sp³-hybridized carbons (Fsp3) is 0.455. The number of rotatable bonds is 7. The highest BCUT2D eigenvalue weighted by atomic mass is 16.5. The third-order valence-corrected chi connectivity index (χ3v) is 8.24. The minimum Gasteiger partial charge on any atom is -0.507 e. The summed E-state index contributed by atoms with van der Waals surface area (Å²) in [5.74, 6) is 4.92. The molecule has 38 heavy (non-hydrogen) atoms. The van der Waals surface area contributed by atoms with E-state index in [1.807, 2.05) is 44.2 Å². The van der Waals surface area contributed by atoms with Crippen LogP contribution < -0.4 is 14.2 Å². The number of hydrogen-bond donors (Lipinski definition) is 2. The number of ether oxygens (including phenoxy) is 3. The van der Waals surface area contributed by atoms with Gasteiger partial charge in [0.05, 0.1) is 13.2 Å². The second-order valence-electron chi connectivity index (χ2n) is 11.6. The number of phenols is 1. The van der Waals surface area contributed by atoms with Crippen molar-refractivity contribution in [1.29, 1.82) is 0 Å². The summed E-state index contributed by atoms with van der Waals surface area (Å²) in [4.78, 5) is 0. The van der Waals surface area contributed by atoms with Gasteiger partial charge in [0.2, 0.25) is 0 Å². The molecule has 0 radical (unpaired) electrons. The quantitative estimate of drug-likeness (QED) is 0.247. The molecule has 1 aliphatic heterocycles. The minimum atomic E-state index is -0.353. The summed E-state index contributed by atoms with van der Waals surface area (Å²) >= 11 is 0. The summed E-state index contributed by atoms with van der Waals surface area (Å²) in [7, 11) is 1.66. The van der Waals surface area contributed by atoms with Crippen molar-refractivity contribution in [3.63, 3.8) is 0 Å². The third-order valence-electron chi connectivity index (χ3n) is 8.24. The zero-order valence-electron chi connectivity index (χ0n) is 23.4. The lowest BCUT2D eigenvalue weighted by molar-refractivity contribution is -0.138. The van der Waals surface area contributed by atoms with Crippen LogP contribution in [0.3, 0.4) is 0 Å². The van der Waals surface area contributed by atoms with E-state index in [-0.39, 0.29) is 35.4 Å². The number of aromatic hydroxyl groups is 1. The molecule has 0 unspecified atom stereocenters. The lowest BCUT2D eigenvalue weighted by Crippen LogP contribution is -2.58. The molecule has 0 saturated heterocycles. The molecule has 2 aromatic carbocycles. The minimum absolute atomic E-state index is 0.127. The van der Waals surface area contributed by atoms with Crippen LogP contribution in [0.15, 0.2) is 35.9 Å². The van der Waals surface area contributed by atoms with Crippen LogP contribution in [-0.2, 0) is 12.8 Å². The molecule has 2 aromatic rings.